The number of fused-ring (bicyclic) bond motifs is 8. The van der Waals surface area contributed by atoms with Crippen LogP contribution in [0, 0.1) is 68.0 Å². The first kappa shape index (κ1) is 39.5. The Balaban J connectivity index is 1.14. The molecule has 0 aromatic rings. The minimum atomic E-state index is -1.15. The number of carbonyl (C=O) groups is 3. The van der Waals surface area contributed by atoms with Crippen LogP contribution in [0.2, 0.25) is 0 Å². The van der Waals surface area contributed by atoms with Crippen molar-refractivity contribution in [2.24, 2.45) is 68.0 Å². The highest BCUT2D eigenvalue weighted by molar-refractivity contribution is 6.00. The van der Waals surface area contributed by atoms with Crippen LogP contribution in [0.15, 0.2) is 11.1 Å². The van der Waals surface area contributed by atoms with E-state index in [1.807, 2.05) is 0 Å². The van der Waals surface area contributed by atoms with Gasteiger partial charge in [-0.15, -0.1) is 0 Å². The van der Waals surface area contributed by atoms with Gasteiger partial charge in [-0.3, -0.25) is 14.4 Å². The van der Waals surface area contributed by atoms with Gasteiger partial charge in [0, 0.05) is 30.3 Å². The Morgan fingerprint density at radius 2 is 1.57 bits per heavy atom. The van der Waals surface area contributed by atoms with Gasteiger partial charge in [0.1, 0.15) is 6.10 Å². The van der Waals surface area contributed by atoms with Crippen LogP contribution in [0.3, 0.4) is 0 Å². The Bertz CT molecular complexity index is 1510. The van der Waals surface area contributed by atoms with E-state index in [1.165, 1.54) is 37.7 Å². The molecule has 0 spiro atoms. The van der Waals surface area contributed by atoms with E-state index in [-0.39, 0.29) is 40.1 Å². The summed E-state index contributed by atoms with van der Waals surface area (Å²) in [4.78, 5) is 41.7. The molecule has 1 heterocycles. The van der Waals surface area contributed by atoms with Crippen molar-refractivity contribution in [2.75, 3.05) is 19.6 Å². The average molecular weight is 736 g/mol. The summed E-state index contributed by atoms with van der Waals surface area (Å²) in [6.07, 6.45) is 14.5. The standard InChI is InChI=1S/C46H73NO6/c1-28(2)38-32(48)24-46(35(49)27-47-23-18-29-12-10-11-13-30(29)26-47)22-21-44(8)31(39(38)46)14-15-34-43(7)19-17-36(53-37(50)25-41(3,4)40(51)52)42(5,6)33(43)16-20-45(34,44)9/h28-31,33-36,49H,10-27H2,1-9H3,(H,51,52)/t29?,30?,31-,33+,34-,35-,36+,43+,44-,45-,46+/m1/s1. The number of carboxylic acids is 1. The number of hydrogen-bond acceptors (Lipinski definition) is 6. The number of aliphatic carboxylic acids is 1. The van der Waals surface area contributed by atoms with Crippen molar-refractivity contribution in [1.29, 1.82) is 0 Å². The largest absolute Gasteiger partial charge is 0.481 e. The number of esters is 1. The fourth-order valence-corrected chi connectivity index (χ4v) is 15.2. The fraction of sp³-hybridized carbons (Fsp3) is 0.891. The lowest BCUT2D eigenvalue weighted by Crippen LogP contribution is -2.66. The quantitative estimate of drug-likeness (QED) is 0.240. The second kappa shape index (κ2) is 13.4. The maximum absolute atomic E-state index is 14.2. The van der Waals surface area contributed by atoms with Crippen molar-refractivity contribution in [1.82, 2.24) is 4.90 Å². The number of piperidine rings is 1. The second-order valence-corrected chi connectivity index (χ2v) is 21.9. The molecule has 5 saturated carbocycles. The topological polar surface area (TPSA) is 104 Å². The molecule has 7 heteroatoms. The molecule has 298 valence electrons. The van der Waals surface area contributed by atoms with Crippen molar-refractivity contribution in [3.8, 4) is 0 Å². The number of Topliss-reactive ketones (excluding diaryl/α,β-unsaturated/α-hetero) is 1. The molecule has 0 radical (unpaired) electrons. The third kappa shape index (κ3) is 6.04. The van der Waals surface area contributed by atoms with E-state index < -0.39 is 28.9 Å². The fourth-order valence-electron chi connectivity index (χ4n) is 15.2. The summed E-state index contributed by atoms with van der Waals surface area (Å²) in [5, 5.41) is 22.1. The molecule has 1 aliphatic heterocycles. The van der Waals surface area contributed by atoms with Gasteiger partial charge in [0.05, 0.1) is 17.9 Å². The number of nitrogens with zero attached hydrogens (tertiary/aromatic N) is 1. The predicted octanol–water partition coefficient (Wildman–Crippen LogP) is 9.25. The molecule has 0 aromatic heterocycles. The maximum atomic E-state index is 14.2. The Morgan fingerprint density at radius 1 is 0.868 bits per heavy atom. The lowest BCUT2D eigenvalue weighted by molar-refractivity contribution is -0.235. The summed E-state index contributed by atoms with van der Waals surface area (Å²) in [7, 11) is 0. The Kier molecular flexibility index (Phi) is 10.0. The van der Waals surface area contributed by atoms with Gasteiger partial charge in [-0.1, -0.05) is 73.3 Å². The van der Waals surface area contributed by atoms with Gasteiger partial charge in [-0.25, -0.2) is 0 Å². The molecule has 6 aliphatic carbocycles. The molecular weight excluding hydrogens is 663 g/mol. The van der Waals surface area contributed by atoms with E-state index in [2.05, 4.69) is 53.4 Å². The Labute approximate surface area is 320 Å². The summed E-state index contributed by atoms with van der Waals surface area (Å²) >= 11 is 0. The molecule has 0 amide bonds. The van der Waals surface area contributed by atoms with Gasteiger partial charge in [0.15, 0.2) is 5.78 Å². The highest BCUT2D eigenvalue weighted by Crippen LogP contribution is 2.77. The highest BCUT2D eigenvalue weighted by atomic mass is 16.5. The number of carboxylic acid groups (broad SMARTS) is 1. The van der Waals surface area contributed by atoms with Crippen LogP contribution < -0.4 is 0 Å². The molecule has 11 atom stereocenters. The number of ketones is 1. The highest BCUT2D eigenvalue weighted by Gasteiger charge is 2.71. The molecule has 2 unspecified atom stereocenters. The minimum Gasteiger partial charge on any atom is -0.481 e. The minimum absolute atomic E-state index is 0.0313. The number of allylic oxidation sites excluding steroid dienone is 1. The first-order chi connectivity index (χ1) is 24.7. The monoisotopic (exact) mass is 736 g/mol. The third-order valence-electron chi connectivity index (χ3n) is 18.3. The average Bonchev–Trinajstić information content (AvgIpc) is 3.39. The lowest BCUT2D eigenvalue weighted by Gasteiger charge is -2.72. The zero-order valence-corrected chi connectivity index (χ0v) is 34.8. The molecule has 1 saturated heterocycles. The summed E-state index contributed by atoms with van der Waals surface area (Å²) < 4.78 is 6.19. The summed E-state index contributed by atoms with van der Waals surface area (Å²) in [6.45, 7) is 22.8. The predicted molar refractivity (Wildman–Crippen MR) is 208 cm³/mol. The molecule has 0 aromatic carbocycles. The Morgan fingerprint density at radius 3 is 2.25 bits per heavy atom. The maximum Gasteiger partial charge on any atom is 0.309 e. The molecule has 7 nitrogen and oxygen atoms in total. The third-order valence-corrected chi connectivity index (χ3v) is 18.3. The molecule has 7 rings (SSSR count). The van der Waals surface area contributed by atoms with Gasteiger partial charge in [0.25, 0.3) is 0 Å². The van der Waals surface area contributed by atoms with E-state index in [9.17, 15) is 24.6 Å². The summed E-state index contributed by atoms with van der Waals surface area (Å²) in [5.74, 6) is 1.93. The van der Waals surface area contributed by atoms with Crippen molar-refractivity contribution >= 4 is 17.7 Å². The van der Waals surface area contributed by atoms with Gasteiger partial charge >= 0.3 is 11.9 Å². The number of aliphatic hydroxyl groups is 1. The van der Waals surface area contributed by atoms with Crippen LogP contribution in [0.25, 0.3) is 0 Å². The lowest BCUT2D eigenvalue weighted by atomic mass is 9.33. The van der Waals surface area contributed by atoms with E-state index in [0.29, 0.717) is 36.5 Å². The van der Waals surface area contributed by atoms with Crippen LogP contribution in [-0.2, 0) is 19.1 Å². The molecule has 7 aliphatic rings. The van der Waals surface area contributed by atoms with Crippen LogP contribution in [-0.4, -0.2) is 64.7 Å². The normalized spacial score (nSPS) is 43.3. The molecule has 2 N–H and O–H groups in total. The van der Waals surface area contributed by atoms with Gasteiger partial charge in [-0.2, -0.15) is 0 Å². The number of aliphatic hydroxyl groups excluding tert-OH is 1. The zero-order valence-electron chi connectivity index (χ0n) is 34.8. The number of β-amino-alcohol motifs (C(OH)–C–C–N with tert-alkyl or cyclic N) is 1. The van der Waals surface area contributed by atoms with Gasteiger partial charge < -0.3 is 19.8 Å². The smallest absolute Gasteiger partial charge is 0.309 e. The first-order valence-electron chi connectivity index (χ1n) is 21.8. The molecule has 6 fully saturated rings. The number of hydrogen-bond donors (Lipinski definition) is 2. The van der Waals surface area contributed by atoms with Gasteiger partial charge in [-0.05, 0) is 142 Å². The number of ether oxygens (including phenoxy) is 1. The van der Waals surface area contributed by atoms with Crippen molar-refractivity contribution in [3.05, 3.63) is 11.1 Å². The zero-order chi connectivity index (χ0) is 38.5. The van der Waals surface area contributed by atoms with Gasteiger partial charge in [0.2, 0.25) is 0 Å². The van der Waals surface area contributed by atoms with E-state index in [4.69, 9.17) is 4.74 Å². The van der Waals surface area contributed by atoms with E-state index in [1.54, 1.807) is 13.8 Å². The van der Waals surface area contributed by atoms with Crippen molar-refractivity contribution in [3.63, 3.8) is 0 Å². The number of rotatable bonds is 8. The molecule has 0 bridgehead atoms. The first-order valence-corrected chi connectivity index (χ1v) is 21.8. The second-order valence-electron chi connectivity index (χ2n) is 21.9. The Hall–Kier alpha value is -1.73. The van der Waals surface area contributed by atoms with Crippen molar-refractivity contribution < 1.29 is 29.3 Å². The van der Waals surface area contributed by atoms with Crippen LogP contribution in [0.5, 0.6) is 0 Å². The summed E-state index contributed by atoms with van der Waals surface area (Å²) in [5.41, 5.74) is 0.830. The molecule has 53 heavy (non-hydrogen) atoms. The number of likely N-dealkylation sites (tertiary alicyclic amines) is 1. The van der Waals surface area contributed by atoms with E-state index in [0.717, 1.165) is 81.9 Å². The van der Waals surface area contributed by atoms with E-state index >= 15 is 0 Å². The van der Waals surface area contributed by atoms with Crippen LogP contribution in [0.1, 0.15) is 159 Å². The molecular formula is C46H73NO6. The van der Waals surface area contributed by atoms with Crippen molar-refractivity contribution in [2.45, 2.75) is 171 Å². The van der Waals surface area contributed by atoms with Crippen LogP contribution in [0.4, 0.5) is 0 Å². The SMILES string of the molecule is CC(C)C1=C2[C@H]3CC[C@@H]4[C@@]5(C)CC[C@H](OC(=O)CC(C)(C)C(=O)O)C(C)(C)[C@@H]5CC[C@@]4(C)[C@]3(C)CC[C@@]2([C@H](O)CN2CCC3CCCCC3C2)CC1=O. The summed E-state index contributed by atoms with van der Waals surface area (Å²) in [6, 6.07) is 0. The van der Waals surface area contributed by atoms with Crippen LogP contribution >= 0.6 is 0 Å². The number of carbonyl (C=O) groups excluding carboxylic acids is 2.